The number of tetrazole rings is 1. The molecule has 114 valence electrons. The molecule has 0 spiro atoms. The van der Waals surface area contributed by atoms with Gasteiger partial charge in [-0.25, -0.2) is 0 Å². The highest BCUT2D eigenvalue weighted by atomic mass is 35.5. The smallest absolute Gasteiger partial charge is 0.227 e. The first-order valence-corrected chi connectivity index (χ1v) is 8.55. The number of hydrogen-bond donors (Lipinski definition) is 2. The van der Waals surface area contributed by atoms with Crippen molar-refractivity contribution in [1.82, 2.24) is 20.6 Å². The minimum atomic E-state index is -2.18. The molecule has 1 atom stereocenters. The second-order valence-corrected chi connectivity index (χ2v) is 7.26. The number of anilines is 1. The molecule has 2 aromatic rings. The van der Waals surface area contributed by atoms with Crippen molar-refractivity contribution in [2.24, 2.45) is 0 Å². The van der Waals surface area contributed by atoms with E-state index in [1.165, 1.54) is 11.8 Å². The molecule has 0 radical (unpaired) electrons. The molecule has 1 aromatic carbocycles. The number of rotatable bonds is 4. The molecule has 1 aliphatic heterocycles. The van der Waals surface area contributed by atoms with Gasteiger partial charge in [-0.15, -0.1) is 22.0 Å². The van der Waals surface area contributed by atoms with Gasteiger partial charge in [0.1, 0.15) is 4.20 Å². The summed E-state index contributed by atoms with van der Waals surface area (Å²) in [5.41, 5.74) is 1.53. The van der Waals surface area contributed by atoms with Gasteiger partial charge in [0.2, 0.25) is 16.1 Å². The number of nitrogens with one attached hydrogen (secondary N) is 2. The Kier molecular flexibility index (Phi) is 4.46. The molecule has 0 bridgehead atoms. The zero-order valence-corrected chi connectivity index (χ0v) is 13.4. The second kappa shape index (κ2) is 6.51. The van der Waals surface area contributed by atoms with Crippen molar-refractivity contribution in [1.29, 1.82) is 0 Å². The van der Waals surface area contributed by atoms with Gasteiger partial charge in [-0.1, -0.05) is 17.7 Å². The Bertz CT molecular complexity index is 840. The third kappa shape index (κ3) is 3.32. The topological polar surface area (TPSA) is 101 Å². The molecule has 7 nitrogen and oxygen atoms in total. The van der Waals surface area contributed by atoms with E-state index in [1.807, 2.05) is 6.08 Å². The summed E-state index contributed by atoms with van der Waals surface area (Å²) in [6.45, 7) is 0.549. The number of halogens is 1. The Labute approximate surface area is 136 Å². The standard InChI is InChI=1S/C12H10ClN5O2S2/c13-7-1-3-9(12-15-17-18-16-12)10(5-7)14-6-8-2-4-11(21-8)22(19)20/h1-5,8,14H,6H2,(H,15,16,17,18). The average molecular weight is 356 g/mol. The highest BCUT2D eigenvalue weighted by Gasteiger charge is 2.17. The van der Waals surface area contributed by atoms with E-state index in [2.05, 4.69) is 25.9 Å². The predicted octanol–water partition coefficient (Wildman–Crippen LogP) is 1.61. The van der Waals surface area contributed by atoms with E-state index in [-0.39, 0.29) is 5.25 Å². The molecule has 1 aromatic heterocycles. The van der Waals surface area contributed by atoms with Crippen LogP contribution in [0.2, 0.25) is 5.02 Å². The Morgan fingerprint density at radius 2 is 2.27 bits per heavy atom. The SMILES string of the molecule is O=S(=O)=C1C=CC(CNc2cc(Cl)ccc2-c2nn[nH]n2)S1. The van der Waals surface area contributed by atoms with E-state index >= 15 is 0 Å². The van der Waals surface area contributed by atoms with E-state index < -0.39 is 10.3 Å². The quantitative estimate of drug-likeness (QED) is 0.803. The molecule has 22 heavy (non-hydrogen) atoms. The number of aromatic nitrogens is 4. The summed E-state index contributed by atoms with van der Waals surface area (Å²) in [5, 5.41) is 17.7. The predicted molar refractivity (Wildman–Crippen MR) is 87.6 cm³/mol. The summed E-state index contributed by atoms with van der Waals surface area (Å²) >= 11 is 7.32. The van der Waals surface area contributed by atoms with Crippen molar-refractivity contribution < 1.29 is 8.42 Å². The van der Waals surface area contributed by atoms with Crippen molar-refractivity contribution >= 4 is 43.5 Å². The normalized spacial score (nSPS) is 17.0. The Morgan fingerprint density at radius 3 is 2.95 bits per heavy atom. The summed E-state index contributed by atoms with van der Waals surface area (Å²) in [6.07, 6.45) is 3.46. The zero-order chi connectivity index (χ0) is 15.5. The highest BCUT2D eigenvalue weighted by Crippen LogP contribution is 2.29. The van der Waals surface area contributed by atoms with Gasteiger partial charge in [0, 0.05) is 28.1 Å². The number of nitrogens with zero attached hydrogens (tertiary/aromatic N) is 3. The van der Waals surface area contributed by atoms with Crippen molar-refractivity contribution in [2.45, 2.75) is 5.25 Å². The highest BCUT2D eigenvalue weighted by molar-refractivity contribution is 8.23. The molecule has 0 fully saturated rings. The number of aromatic amines is 1. The number of hydrogen-bond acceptors (Lipinski definition) is 7. The molecule has 10 heteroatoms. The molecule has 3 rings (SSSR count). The van der Waals surface area contributed by atoms with E-state index in [4.69, 9.17) is 11.6 Å². The fourth-order valence-electron chi connectivity index (χ4n) is 1.96. The lowest BCUT2D eigenvalue weighted by atomic mass is 10.1. The summed E-state index contributed by atoms with van der Waals surface area (Å²) in [4.78, 5) is 0. The van der Waals surface area contributed by atoms with E-state index in [0.717, 1.165) is 11.3 Å². The Balaban J connectivity index is 1.77. The van der Waals surface area contributed by atoms with Gasteiger partial charge in [0.05, 0.1) is 0 Å². The van der Waals surface area contributed by atoms with Gasteiger partial charge in [-0.05, 0) is 29.5 Å². The van der Waals surface area contributed by atoms with Gasteiger partial charge in [-0.2, -0.15) is 13.6 Å². The van der Waals surface area contributed by atoms with Crippen LogP contribution < -0.4 is 5.32 Å². The summed E-state index contributed by atoms with van der Waals surface area (Å²) < 4.78 is 22.1. The number of benzene rings is 1. The Morgan fingerprint density at radius 1 is 1.41 bits per heavy atom. The van der Waals surface area contributed by atoms with Gasteiger partial charge < -0.3 is 5.32 Å². The molecule has 0 aliphatic carbocycles. The summed E-state index contributed by atoms with van der Waals surface area (Å²) in [7, 11) is -2.18. The van der Waals surface area contributed by atoms with E-state index in [9.17, 15) is 8.42 Å². The second-order valence-electron chi connectivity index (χ2n) is 4.38. The molecule has 2 N–H and O–H groups in total. The first kappa shape index (κ1) is 15.1. The minimum absolute atomic E-state index is 0.0324. The molecule has 2 heterocycles. The molecular formula is C12H10ClN5O2S2. The van der Waals surface area contributed by atoms with Gasteiger partial charge in [0.25, 0.3) is 0 Å². The molecule has 0 saturated carbocycles. The maximum atomic E-state index is 10.9. The van der Waals surface area contributed by atoms with E-state index in [0.29, 0.717) is 21.6 Å². The van der Waals surface area contributed by atoms with Gasteiger partial charge in [0.15, 0.2) is 0 Å². The van der Waals surface area contributed by atoms with Crippen molar-refractivity contribution in [2.75, 3.05) is 11.9 Å². The summed E-state index contributed by atoms with van der Waals surface area (Å²) in [5.74, 6) is 0.460. The number of H-pyrrole nitrogens is 1. The molecule has 1 unspecified atom stereocenters. The lowest BCUT2D eigenvalue weighted by Crippen LogP contribution is -2.13. The summed E-state index contributed by atoms with van der Waals surface area (Å²) in [6, 6.07) is 5.32. The van der Waals surface area contributed by atoms with Crippen LogP contribution in [0.4, 0.5) is 5.69 Å². The van der Waals surface area contributed by atoms with E-state index in [1.54, 1.807) is 24.3 Å². The first-order valence-electron chi connectivity index (χ1n) is 6.22. The first-order chi connectivity index (χ1) is 10.6. The average Bonchev–Trinajstić information content (AvgIpc) is 3.17. The van der Waals surface area contributed by atoms with Gasteiger partial charge >= 0.3 is 0 Å². The number of thioether (sulfide) groups is 1. The lowest BCUT2D eigenvalue weighted by Gasteiger charge is -2.13. The molecular weight excluding hydrogens is 346 g/mol. The molecule has 1 aliphatic rings. The maximum absolute atomic E-state index is 10.9. The third-order valence-corrected chi connectivity index (χ3v) is 5.33. The molecule has 0 saturated heterocycles. The lowest BCUT2D eigenvalue weighted by molar-refractivity contribution is 0.627. The molecule has 0 amide bonds. The van der Waals surface area contributed by atoms with Crippen LogP contribution in [0.1, 0.15) is 0 Å². The maximum Gasteiger partial charge on any atom is 0.227 e. The van der Waals surface area contributed by atoms with Crippen molar-refractivity contribution in [3.05, 3.63) is 35.4 Å². The fraction of sp³-hybridized carbons (Fsp3) is 0.167. The van der Waals surface area contributed by atoms with Crippen LogP contribution in [0.25, 0.3) is 11.4 Å². The van der Waals surface area contributed by atoms with Crippen LogP contribution in [-0.4, -0.2) is 45.0 Å². The van der Waals surface area contributed by atoms with Crippen LogP contribution >= 0.6 is 23.4 Å². The van der Waals surface area contributed by atoms with Crippen LogP contribution in [-0.2, 0) is 10.3 Å². The van der Waals surface area contributed by atoms with Crippen molar-refractivity contribution in [3.63, 3.8) is 0 Å². The van der Waals surface area contributed by atoms with Crippen LogP contribution in [0.3, 0.4) is 0 Å². The minimum Gasteiger partial charge on any atom is -0.383 e. The van der Waals surface area contributed by atoms with Crippen LogP contribution in [0.15, 0.2) is 30.4 Å². The largest absolute Gasteiger partial charge is 0.383 e. The fourth-order valence-corrected chi connectivity index (χ4v) is 3.79. The Hall–Kier alpha value is -1.84. The zero-order valence-electron chi connectivity index (χ0n) is 11.0. The monoisotopic (exact) mass is 355 g/mol. The van der Waals surface area contributed by atoms with Crippen molar-refractivity contribution in [3.8, 4) is 11.4 Å². The van der Waals surface area contributed by atoms with Gasteiger partial charge in [-0.3, -0.25) is 0 Å². The third-order valence-electron chi connectivity index (χ3n) is 2.94. The van der Waals surface area contributed by atoms with Crippen LogP contribution in [0, 0.1) is 0 Å². The van der Waals surface area contributed by atoms with Crippen LogP contribution in [0.5, 0.6) is 0 Å².